The second-order valence-corrected chi connectivity index (χ2v) is 5.12. The lowest BCUT2D eigenvalue weighted by atomic mass is 10.2. The minimum atomic E-state index is -0.296. The van der Waals surface area contributed by atoms with E-state index in [1.165, 1.54) is 11.1 Å². The number of pyridine rings is 1. The summed E-state index contributed by atoms with van der Waals surface area (Å²) >= 11 is 0. The average molecular weight is 307 g/mol. The summed E-state index contributed by atoms with van der Waals surface area (Å²) < 4.78 is 0. The van der Waals surface area contributed by atoms with E-state index in [-0.39, 0.29) is 18.4 Å². The number of rotatable bonds is 4. The van der Waals surface area contributed by atoms with Crippen LogP contribution >= 0.6 is 0 Å². The number of nitrogens with one attached hydrogen (secondary N) is 1. The van der Waals surface area contributed by atoms with Crippen molar-refractivity contribution in [1.82, 2.24) is 9.88 Å². The van der Waals surface area contributed by atoms with Crippen LogP contribution in [0.25, 0.3) is 0 Å². The monoisotopic (exact) mass is 307 g/mol. The Morgan fingerprint density at radius 1 is 1.30 bits per heavy atom. The van der Waals surface area contributed by atoms with Crippen molar-refractivity contribution in [3.05, 3.63) is 59.4 Å². The Morgan fingerprint density at radius 2 is 2.09 bits per heavy atom. The van der Waals surface area contributed by atoms with Crippen molar-refractivity contribution in [2.24, 2.45) is 0 Å². The molecule has 1 heterocycles. The van der Waals surface area contributed by atoms with Crippen LogP contribution in [-0.2, 0) is 4.79 Å². The van der Waals surface area contributed by atoms with Gasteiger partial charge in [-0.2, -0.15) is 0 Å². The number of hydrogen-bond acceptors (Lipinski definition) is 3. The van der Waals surface area contributed by atoms with Gasteiger partial charge in [-0.15, -0.1) is 6.42 Å². The van der Waals surface area contributed by atoms with E-state index in [9.17, 15) is 9.59 Å². The standard InChI is InChI=1S/C18H17N3O2/c1-4-14-6-5-7-16(10-14)20-17(22)12-21(3)18(23)15-9-8-13(2)19-11-15/h1,5-11H,12H2,2-3H3,(H,20,22). The van der Waals surface area contributed by atoms with Crippen LogP contribution < -0.4 is 5.32 Å². The van der Waals surface area contributed by atoms with E-state index in [2.05, 4.69) is 16.2 Å². The number of terminal acetylenes is 1. The van der Waals surface area contributed by atoms with E-state index < -0.39 is 0 Å². The zero-order chi connectivity index (χ0) is 16.8. The number of hydrogen-bond donors (Lipinski definition) is 1. The molecule has 0 bridgehead atoms. The molecule has 0 fully saturated rings. The number of aromatic nitrogens is 1. The molecule has 1 aromatic heterocycles. The molecule has 2 rings (SSSR count). The van der Waals surface area contributed by atoms with Crippen LogP contribution in [0.2, 0.25) is 0 Å². The first-order chi connectivity index (χ1) is 11.0. The quantitative estimate of drug-likeness (QED) is 0.880. The number of aryl methyl sites for hydroxylation is 1. The maximum Gasteiger partial charge on any atom is 0.255 e. The van der Waals surface area contributed by atoms with E-state index in [4.69, 9.17) is 6.42 Å². The SMILES string of the molecule is C#Cc1cccc(NC(=O)CN(C)C(=O)c2ccc(C)nc2)c1. The predicted octanol–water partition coefficient (Wildman–Crippen LogP) is 2.08. The highest BCUT2D eigenvalue weighted by Gasteiger charge is 2.15. The van der Waals surface area contributed by atoms with Crippen LogP contribution in [0.3, 0.4) is 0 Å². The van der Waals surface area contributed by atoms with Crippen LogP contribution in [-0.4, -0.2) is 35.3 Å². The van der Waals surface area contributed by atoms with Gasteiger partial charge in [-0.1, -0.05) is 12.0 Å². The third-order valence-corrected chi connectivity index (χ3v) is 3.20. The second-order valence-electron chi connectivity index (χ2n) is 5.12. The molecule has 2 amide bonds. The lowest BCUT2D eigenvalue weighted by Gasteiger charge is -2.17. The zero-order valence-corrected chi connectivity index (χ0v) is 13.0. The lowest BCUT2D eigenvalue weighted by molar-refractivity contribution is -0.116. The van der Waals surface area contributed by atoms with Gasteiger partial charge >= 0.3 is 0 Å². The average Bonchev–Trinajstić information content (AvgIpc) is 2.54. The number of carbonyl (C=O) groups is 2. The summed E-state index contributed by atoms with van der Waals surface area (Å²) in [5.74, 6) is 1.95. The summed E-state index contributed by atoms with van der Waals surface area (Å²) in [7, 11) is 1.57. The largest absolute Gasteiger partial charge is 0.332 e. The molecule has 0 spiro atoms. The van der Waals surface area contributed by atoms with Gasteiger partial charge < -0.3 is 10.2 Å². The Bertz CT molecular complexity index is 761. The number of carbonyl (C=O) groups excluding carboxylic acids is 2. The number of likely N-dealkylation sites (N-methyl/N-ethyl adjacent to an activating group) is 1. The maximum absolute atomic E-state index is 12.2. The summed E-state index contributed by atoms with van der Waals surface area (Å²) in [5, 5.41) is 2.72. The fourth-order valence-electron chi connectivity index (χ4n) is 1.99. The molecule has 1 aromatic carbocycles. The van der Waals surface area contributed by atoms with E-state index >= 15 is 0 Å². The highest BCUT2D eigenvalue weighted by molar-refractivity contribution is 5.99. The van der Waals surface area contributed by atoms with Crippen molar-refractivity contribution >= 4 is 17.5 Å². The first-order valence-electron chi connectivity index (χ1n) is 7.04. The minimum Gasteiger partial charge on any atom is -0.332 e. The molecule has 0 aliphatic rings. The van der Waals surface area contributed by atoms with Crippen LogP contribution in [0.15, 0.2) is 42.6 Å². The van der Waals surface area contributed by atoms with Crippen molar-refractivity contribution < 1.29 is 9.59 Å². The molecule has 0 aliphatic carbocycles. The predicted molar refractivity (Wildman–Crippen MR) is 88.9 cm³/mol. The van der Waals surface area contributed by atoms with Crippen LogP contribution in [0.4, 0.5) is 5.69 Å². The maximum atomic E-state index is 12.2. The fourth-order valence-corrected chi connectivity index (χ4v) is 1.99. The van der Waals surface area contributed by atoms with Gasteiger partial charge in [0.25, 0.3) is 5.91 Å². The molecule has 116 valence electrons. The van der Waals surface area contributed by atoms with Gasteiger partial charge in [0.1, 0.15) is 0 Å². The van der Waals surface area contributed by atoms with Crippen LogP contribution in [0.1, 0.15) is 21.6 Å². The molecular weight excluding hydrogens is 290 g/mol. The third kappa shape index (κ3) is 4.42. The number of anilines is 1. The molecule has 5 nitrogen and oxygen atoms in total. The van der Waals surface area contributed by atoms with Gasteiger partial charge in [0.05, 0.1) is 12.1 Å². The van der Waals surface area contributed by atoms with Gasteiger partial charge in [0, 0.05) is 30.2 Å². The normalized spacial score (nSPS) is 9.78. The van der Waals surface area contributed by atoms with Crippen molar-refractivity contribution in [3.63, 3.8) is 0 Å². The summed E-state index contributed by atoms with van der Waals surface area (Å²) in [6.07, 6.45) is 6.83. The summed E-state index contributed by atoms with van der Waals surface area (Å²) in [6.45, 7) is 1.78. The molecule has 0 atom stereocenters. The lowest BCUT2D eigenvalue weighted by Crippen LogP contribution is -2.35. The van der Waals surface area contributed by atoms with Crippen molar-refractivity contribution in [2.45, 2.75) is 6.92 Å². The molecule has 0 saturated heterocycles. The van der Waals surface area contributed by atoms with E-state index in [0.717, 1.165) is 5.69 Å². The Morgan fingerprint density at radius 3 is 2.74 bits per heavy atom. The topological polar surface area (TPSA) is 62.3 Å². The van der Waals surface area contributed by atoms with Gasteiger partial charge in [-0.25, -0.2) is 0 Å². The van der Waals surface area contributed by atoms with Crippen molar-refractivity contribution in [1.29, 1.82) is 0 Å². The molecule has 2 aromatic rings. The van der Waals surface area contributed by atoms with Gasteiger partial charge in [-0.05, 0) is 37.3 Å². The fraction of sp³-hybridized carbons (Fsp3) is 0.167. The molecule has 0 unspecified atom stereocenters. The first kappa shape index (κ1) is 16.2. The Kier molecular flexibility index (Phi) is 5.11. The molecule has 0 saturated carbocycles. The van der Waals surface area contributed by atoms with Gasteiger partial charge in [-0.3, -0.25) is 14.6 Å². The Hall–Kier alpha value is -3.13. The van der Waals surface area contributed by atoms with Crippen molar-refractivity contribution in [3.8, 4) is 12.3 Å². The first-order valence-corrected chi connectivity index (χ1v) is 7.04. The summed E-state index contributed by atoms with van der Waals surface area (Å²) in [4.78, 5) is 29.7. The number of amides is 2. The van der Waals surface area contributed by atoms with Crippen LogP contribution in [0, 0.1) is 19.3 Å². The Labute approximate surface area is 135 Å². The molecule has 0 radical (unpaired) electrons. The Balaban J connectivity index is 1.97. The minimum absolute atomic E-state index is 0.0625. The zero-order valence-electron chi connectivity index (χ0n) is 13.0. The second kappa shape index (κ2) is 7.23. The van der Waals surface area contributed by atoms with Gasteiger partial charge in [0.15, 0.2) is 0 Å². The van der Waals surface area contributed by atoms with E-state index in [1.54, 1.807) is 43.4 Å². The third-order valence-electron chi connectivity index (χ3n) is 3.20. The summed E-state index contributed by atoms with van der Waals surface area (Å²) in [5.41, 5.74) is 2.55. The summed E-state index contributed by atoms with van der Waals surface area (Å²) in [6, 6.07) is 10.4. The molecular formula is C18H17N3O2. The molecule has 23 heavy (non-hydrogen) atoms. The van der Waals surface area contributed by atoms with E-state index in [1.807, 2.05) is 6.92 Å². The number of nitrogens with zero attached hydrogens (tertiary/aromatic N) is 2. The highest BCUT2D eigenvalue weighted by atomic mass is 16.2. The molecule has 5 heteroatoms. The smallest absolute Gasteiger partial charge is 0.255 e. The molecule has 0 aliphatic heterocycles. The van der Waals surface area contributed by atoms with E-state index in [0.29, 0.717) is 16.8 Å². The van der Waals surface area contributed by atoms with Crippen LogP contribution in [0.5, 0.6) is 0 Å². The molecule has 1 N–H and O–H groups in total. The highest BCUT2D eigenvalue weighted by Crippen LogP contribution is 2.10. The van der Waals surface area contributed by atoms with Crippen molar-refractivity contribution in [2.75, 3.05) is 18.9 Å². The number of benzene rings is 1. The van der Waals surface area contributed by atoms with Gasteiger partial charge in [0.2, 0.25) is 5.91 Å².